The van der Waals surface area contributed by atoms with E-state index in [2.05, 4.69) is 4.98 Å². The Hall–Kier alpha value is -2.43. The second-order valence-corrected chi connectivity index (χ2v) is 3.68. The second-order valence-electron chi connectivity index (χ2n) is 3.68. The molecule has 1 aromatic carbocycles. The van der Waals surface area contributed by atoms with Gasteiger partial charge in [-0.2, -0.15) is 0 Å². The summed E-state index contributed by atoms with van der Waals surface area (Å²) in [6, 6.07) is 9.40. The van der Waals surface area contributed by atoms with Crippen LogP contribution in [0.1, 0.15) is 17.4 Å². The van der Waals surface area contributed by atoms with E-state index >= 15 is 0 Å². The summed E-state index contributed by atoms with van der Waals surface area (Å²) in [5.74, 6) is 0.193. The molecule has 0 aliphatic carbocycles. The molecule has 2 aromatic rings. The van der Waals surface area contributed by atoms with Crippen LogP contribution < -0.4 is 0 Å². The van der Waals surface area contributed by atoms with Gasteiger partial charge in [0.1, 0.15) is 11.5 Å². The molecule has 0 atom stereocenters. The minimum atomic E-state index is -0.403. The summed E-state index contributed by atoms with van der Waals surface area (Å²) in [5, 5.41) is 0. The summed E-state index contributed by atoms with van der Waals surface area (Å²) in [6.45, 7) is 1.30. The van der Waals surface area contributed by atoms with Crippen molar-refractivity contribution in [3.63, 3.8) is 0 Å². The molecule has 92 valence electrons. The molecule has 0 aliphatic rings. The van der Waals surface area contributed by atoms with Gasteiger partial charge in [0.05, 0.1) is 6.20 Å². The number of rotatable bonds is 4. The van der Waals surface area contributed by atoms with Crippen LogP contribution in [0.5, 0.6) is 0 Å². The predicted molar refractivity (Wildman–Crippen MR) is 64.8 cm³/mol. The van der Waals surface area contributed by atoms with E-state index in [1.165, 1.54) is 13.1 Å². The van der Waals surface area contributed by atoms with Crippen LogP contribution in [0.2, 0.25) is 0 Å². The molecule has 0 fully saturated rings. The van der Waals surface area contributed by atoms with Crippen molar-refractivity contribution in [2.75, 3.05) is 0 Å². The lowest BCUT2D eigenvalue weighted by Gasteiger charge is -2.09. The first kappa shape index (κ1) is 12.0. The molecule has 0 amide bonds. The van der Waals surface area contributed by atoms with Crippen LogP contribution in [0.3, 0.4) is 0 Å². The maximum absolute atomic E-state index is 10.9. The van der Waals surface area contributed by atoms with Gasteiger partial charge < -0.3 is 4.74 Å². The minimum Gasteiger partial charge on any atom is -0.444 e. The maximum atomic E-state index is 10.9. The van der Waals surface area contributed by atoms with E-state index in [1.807, 2.05) is 30.3 Å². The lowest BCUT2D eigenvalue weighted by molar-refractivity contribution is -0.144. The van der Waals surface area contributed by atoms with Crippen molar-refractivity contribution < 1.29 is 14.3 Å². The van der Waals surface area contributed by atoms with Gasteiger partial charge in [-0.3, -0.25) is 14.2 Å². The van der Waals surface area contributed by atoms with Crippen molar-refractivity contribution >= 4 is 12.3 Å². The number of ether oxygens (including phenoxy) is 1. The van der Waals surface area contributed by atoms with E-state index in [1.54, 1.807) is 4.57 Å². The highest BCUT2D eigenvalue weighted by molar-refractivity contribution is 5.74. The summed E-state index contributed by atoms with van der Waals surface area (Å²) >= 11 is 0. The van der Waals surface area contributed by atoms with E-state index in [4.69, 9.17) is 4.74 Å². The zero-order valence-corrected chi connectivity index (χ0v) is 9.87. The number of aromatic nitrogens is 2. The molecule has 0 radical (unpaired) electrons. The zero-order valence-electron chi connectivity index (χ0n) is 9.87. The van der Waals surface area contributed by atoms with Gasteiger partial charge >= 0.3 is 5.97 Å². The average Bonchev–Trinajstić information content (AvgIpc) is 2.80. The Morgan fingerprint density at radius 3 is 2.72 bits per heavy atom. The van der Waals surface area contributed by atoms with E-state index in [9.17, 15) is 9.59 Å². The Morgan fingerprint density at radius 1 is 1.39 bits per heavy atom. The maximum Gasteiger partial charge on any atom is 0.304 e. The largest absolute Gasteiger partial charge is 0.444 e. The van der Waals surface area contributed by atoms with Gasteiger partial charge in [0.25, 0.3) is 0 Å². The highest BCUT2D eigenvalue weighted by atomic mass is 16.5. The topological polar surface area (TPSA) is 61.2 Å². The fourth-order valence-electron chi connectivity index (χ4n) is 1.59. The normalized spacial score (nSPS) is 10.1. The molecule has 1 aromatic heterocycles. The molecular formula is C13H12N2O3. The number of imidazole rings is 1. The van der Waals surface area contributed by atoms with Crippen LogP contribution in [0.25, 0.3) is 11.4 Å². The van der Waals surface area contributed by atoms with Crippen molar-refractivity contribution in [2.24, 2.45) is 0 Å². The highest BCUT2D eigenvalue weighted by Crippen LogP contribution is 2.18. The minimum absolute atomic E-state index is 0.0202. The molecule has 2 rings (SSSR count). The first-order chi connectivity index (χ1) is 8.72. The molecule has 0 N–H and O–H groups in total. The molecule has 5 heteroatoms. The van der Waals surface area contributed by atoms with Gasteiger partial charge in [0.15, 0.2) is 13.0 Å². The van der Waals surface area contributed by atoms with Gasteiger partial charge in [0, 0.05) is 12.5 Å². The van der Waals surface area contributed by atoms with Crippen LogP contribution in [0.15, 0.2) is 36.5 Å². The van der Waals surface area contributed by atoms with Crippen LogP contribution in [0, 0.1) is 0 Å². The third-order valence-electron chi connectivity index (χ3n) is 2.44. The van der Waals surface area contributed by atoms with Gasteiger partial charge in [0.2, 0.25) is 0 Å². The number of benzene rings is 1. The average molecular weight is 244 g/mol. The molecule has 1 heterocycles. The Balaban J connectivity index is 2.39. The van der Waals surface area contributed by atoms with E-state index in [0.717, 1.165) is 5.56 Å². The number of esters is 1. The zero-order chi connectivity index (χ0) is 13.0. The molecule has 18 heavy (non-hydrogen) atoms. The van der Waals surface area contributed by atoms with Gasteiger partial charge in [-0.15, -0.1) is 0 Å². The number of hydrogen-bond acceptors (Lipinski definition) is 4. The molecule has 0 spiro atoms. The van der Waals surface area contributed by atoms with Crippen molar-refractivity contribution in [3.8, 4) is 11.4 Å². The third kappa shape index (κ3) is 2.45. The summed E-state index contributed by atoms with van der Waals surface area (Å²) in [6.07, 6.45) is 2.14. The molecule has 0 saturated carbocycles. The van der Waals surface area contributed by atoms with E-state index in [-0.39, 0.29) is 6.73 Å². The molecule has 0 aliphatic heterocycles. The fraction of sp³-hybridized carbons (Fsp3) is 0.154. The first-order valence-corrected chi connectivity index (χ1v) is 5.42. The third-order valence-corrected chi connectivity index (χ3v) is 2.44. The van der Waals surface area contributed by atoms with Crippen molar-refractivity contribution in [1.29, 1.82) is 0 Å². The molecule has 0 unspecified atom stereocenters. The summed E-state index contributed by atoms with van der Waals surface area (Å²) in [4.78, 5) is 25.9. The van der Waals surface area contributed by atoms with Gasteiger partial charge in [-0.25, -0.2) is 4.98 Å². The summed E-state index contributed by atoms with van der Waals surface area (Å²) in [5.41, 5.74) is 1.23. The first-order valence-electron chi connectivity index (χ1n) is 5.42. The second kappa shape index (κ2) is 5.27. The lowest BCUT2D eigenvalue weighted by Crippen LogP contribution is -2.10. The SMILES string of the molecule is CC(=O)OCn1c(C=O)cnc1-c1ccccc1. The predicted octanol–water partition coefficient (Wildman–Crippen LogP) is 1.88. The molecule has 0 bridgehead atoms. The van der Waals surface area contributed by atoms with Crippen LogP contribution >= 0.6 is 0 Å². The number of carbonyl (C=O) groups excluding carboxylic acids is 2. The molecular weight excluding hydrogens is 232 g/mol. The lowest BCUT2D eigenvalue weighted by atomic mass is 10.2. The summed E-state index contributed by atoms with van der Waals surface area (Å²) < 4.78 is 6.48. The Kier molecular flexibility index (Phi) is 3.52. The van der Waals surface area contributed by atoms with Crippen LogP contribution in [-0.4, -0.2) is 21.8 Å². The number of carbonyl (C=O) groups is 2. The van der Waals surface area contributed by atoms with E-state index < -0.39 is 5.97 Å². The number of nitrogens with zero attached hydrogens (tertiary/aromatic N) is 2. The van der Waals surface area contributed by atoms with E-state index in [0.29, 0.717) is 17.8 Å². The molecule has 0 saturated heterocycles. The summed E-state index contributed by atoms with van der Waals surface area (Å²) in [7, 11) is 0. The Bertz CT molecular complexity index is 561. The smallest absolute Gasteiger partial charge is 0.304 e. The molecule has 5 nitrogen and oxygen atoms in total. The Morgan fingerprint density at radius 2 is 2.11 bits per heavy atom. The fourth-order valence-corrected chi connectivity index (χ4v) is 1.59. The van der Waals surface area contributed by atoms with Crippen LogP contribution in [0.4, 0.5) is 0 Å². The highest BCUT2D eigenvalue weighted by Gasteiger charge is 2.11. The van der Waals surface area contributed by atoms with Crippen molar-refractivity contribution in [1.82, 2.24) is 9.55 Å². The number of hydrogen-bond donors (Lipinski definition) is 0. The Labute approximate surface area is 104 Å². The quantitative estimate of drug-likeness (QED) is 0.608. The standard InChI is InChI=1S/C13H12N2O3/c1-10(17)18-9-15-12(8-16)7-14-13(15)11-5-3-2-4-6-11/h2-8H,9H2,1H3. The van der Waals surface area contributed by atoms with Gasteiger partial charge in [-0.1, -0.05) is 30.3 Å². The monoisotopic (exact) mass is 244 g/mol. The van der Waals surface area contributed by atoms with Crippen LogP contribution in [-0.2, 0) is 16.3 Å². The van der Waals surface area contributed by atoms with Crippen molar-refractivity contribution in [2.45, 2.75) is 13.7 Å². The van der Waals surface area contributed by atoms with Gasteiger partial charge in [-0.05, 0) is 0 Å². The van der Waals surface area contributed by atoms with Crippen molar-refractivity contribution in [3.05, 3.63) is 42.2 Å². The number of aldehydes is 1.